The Morgan fingerprint density at radius 3 is 2.80 bits per heavy atom. The molecule has 0 amide bonds. The Bertz CT molecular complexity index is 679. The van der Waals surface area contributed by atoms with Crippen LogP contribution in [0.25, 0.3) is 0 Å². The van der Waals surface area contributed by atoms with E-state index in [1.54, 1.807) is 0 Å². The minimum atomic E-state index is 0.557. The molecule has 2 aromatic heterocycles. The summed E-state index contributed by atoms with van der Waals surface area (Å²) >= 11 is 1.49. The van der Waals surface area contributed by atoms with Gasteiger partial charge in [0.1, 0.15) is 16.6 Å². The van der Waals surface area contributed by atoms with Crippen LogP contribution in [0, 0.1) is 6.92 Å². The number of piperidine rings is 1. The third kappa shape index (κ3) is 4.85. The molecule has 3 heterocycles. The van der Waals surface area contributed by atoms with Crippen molar-refractivity contribution in [3.05, 3.63) is 22.6 Å². The molecule has 136 valence electrons. The summed E-state index contributed by atoms with van der Waals surface area (Å²) < 4.78 is 0. The van der Waals surface area contributed by atoms with Gasteiger partial charge in [-0.15, -0.1) is 10.2 Å². The maximum Gasteiger partial charge on any atom is 0.203 e. The van der Waals surface area contributed by atoms with Crippen molar-refractivity contribution in [2.75, 3.05) is 30.3 Å². The van der Waals surface area contributed by atoms with Crippen molar-refractivity contribution in [2.24, 2.45) is 0 Å². The molecule has 0 aromatic carbocycles. The van der Waals surface area contributed by atoms with Gasteiger partial charge in [-0.3, -0.25) is 0 Å². The lowest BCUT2D eigenvalue weighted by Gasteiger charge is -2.34. The molecule has 0 bridgehead atoms. The first-order chi connectivity index (χ1) is 12.2. The molecule has 1 saturated heterocycles. The number of hydrogen-bond donors (Lipinski definition) is 2. The number of nitrogens with zero attached hydrogens (tertiary/aromatic N) is 5. The van der Waals surface area contributed by atoms with E-state index in [2.05, 4.69) is 37.3 Å². The molecule has 1 fully saturated rings. The third-order valence-electron chi connectivity index (χ3n) is 4.62. The van der Waals surface area contributed by atoms with Crippen LogP contribution in [0.4, 0.5) is 10.9 Å². The zero-order valence-electron chi connectivity index (χ0n) is 15.0. The van der Waals surface area contributed by atoms with Crippen LogP contribution in [0.3, 0.4) is 0 Å². The van der Waals surface area contributed by atoms with E-state index in [0.29, 0.717) is 11.2 Å². The average Bonchev–Trinajstić information content (AvgIpc) is 3.04. The molecule has 0 saturated carbocycles. The Kier molecular flexibility index (Phi) is 6.14. The number of aromatic nitrogens is 4. The van der Waals surface area contributed by atoms with E-state index in [9.17, 15) is 0 Å². The van der Waals surface area contributed by atoms with Crippen molar-refractivity contribution >= 4 is 22.3 Å². The van der Waals surface area contributed by atoms with E-state index in [4.69, 9.17) is 5.73 Å². The van der Waals surface area contributed by atoms with Gasteiger partial charge in [-0.2, -0.15) is 0 Å². The van der Waals surface area contributed by atoms with E-state index in [0.717, 1.165) is 68.4 Å². The zero-order chi connectivity index (χ0) is 17.6. The first-order valence-electron chi connectivity index (χ1n) is 9.04. The van der Waals surface area contributed by atoms with Crippen molar-refractivity contribution in [2.45, 2.75) is 52.0 Å². The lowest BCUT2D eigenvalue weighted by molar-refractivity contribution is 0.411. The number of nitrogen functional groups attached to an aromatic ring is 1. The second-order valence-corrected chi connectivity index (χ2v) is 7.57. The van der Waals surface area contributed by atoms with Gasteiger partial charge in [0, 0.05) is 37.3 Å². The summed E-state index contributed by atoms with van der Waals surface area (Å²) in [5, 5.41) is 13.2. The molecule has 0 radical (unpaired) electrons. The Hall–Kier alpha value is -1.80. The zero-order valence-corrected chi connectivity index (χ0v) is 15.8. The van der Waals surface area contributed by atoms with Crippen molar-refractivity contribution in [1.29, 1.82) is 0 Å². The van der Waals surface area contributed by atoms with Gasteiger partial charge in [0.25, 0.3) is 0 Å². The Labute approximate surface area is 153 Å². The van der Waals surface area contributed by atoms with Crippen LogP contribution in [0.5, 0.6) is 0 Å². The quantitative estimate of drug-likeness (QED) is 0.728. The maximum atomic E-state index is 5.61. The van der Waals surface area contributed by atoms with Crippen LogP contribution < -0.4 is 16.0 Å². The Balaban J connectivity index is 1.42. The number of anilines is 2. The fourth-order valence-electron chi connectivity index (χ4n) is 3.22. The largest absolute Gasteiger partial charge is 0.374 e. The summed E-state index contributed by atoms with van der Waals surface area (Å²) in [6.45, 7) is 7.24. The van der Waals surface area contributed by atoms with Gasteiger partial charge in [0.05, 0.1) is 0 Å². The molecule has 0 unspecified atom stereocenters. The highest BCUT2D eigenvalue weighted by Gasteiger charge is 2.21. The smallest absolute Gasteiger partial charge is 0.203 e. The van der Waals surface area contributed by atoms with Crippen LogP contribution in [0.1, 0.15) is 42.6 Å². The topological polar surface area (TPSA) is 92.9 Å². The monoisotopic (exact) mass is 361 g/mol. The molecule has 0 atom stereocenters. The average molecular weight is 362 g/mol. The molecule has 0 spiro atoms. The molecular formula is C17H27N7S. The molecule has 2 aromatic rings. The summed E-state index contributed by atoms with van der Waals surface area (Å²) in [6.07, 6.45) is 7.27. The van der Waals surface area contributed by atoms with Gasteiger partial charge in [0.2, 0.25) is 5.13 Å². The molecule has 25 heavy (non-hydrogen) atoms. The maximum absolute atomic E-state index is 5.61. The van der Waals surface area contributed by atoms with Gasteiger partial charge in [-0.05, 0) is 39.2 Å². The van der Waals surface area contributed by atoms with Crippen LogP contribution in [0.15, 0.2) is 6.20 Å². The molecule has 3 rings (SSSR count). The number of hydrogen-bond acceptors (Lipinski definition) is 8. The van der Waals surface area contributed by atoms with Gasteiger partial charge in [-0.1, -0.05) is 18.3 Å². The highest BCUT2D eigenvalue weighted by Crippen LogP contribution is 2.22. The van der Waals surface area contributed by atoms with E-state index >= 15 is 0 Å². The lowest BCUT2D eigenvalue weighted by atomic mass is 10.0. The van der Waals surface area contributed by atoms with E-state index < -0.39 is 0 Å². The minimum absolute atomic E-state index is 0.557. The Morgan fingerprint density at radius 2 is 2.12 bits per heavy atom. The van der Waals surface area contributed by atoms with Crippen LogP contribution in [-0.4, -0.2) is 45.8 Å². The van der Waals surface area contributed by atoms with Gasteiger partial charge < -0.3 is 16.0 Å². The van der Waals surface area contributed by atoms with Crippen molar-refractivity contribution in [1.82, 2.24) is 25.5 Å². The standard InChI is InChI=1S/C17H27N7S/c1-3-13-11-20-12(2)21-16(13)24-9-6-14(7-10-24)19-8-4-5-15-22-23-17(18)25-15/h11,14,19H,3-10H2,1-2H3,(H2,18,23). The minimum Gasteiger partial charge on any atom is -0.374 e. The molecule has 1 aliphatic heterocycles. The number of rotatable bonds is 7. The molecule has 3 N–H and O–H groups in total. The van der Waals surface area contributed by atoms with Crippen LogP contribution >= 0.6 is 11.3 Å². The van der Waals surface area contributed by atoms with E-state index in [1.807, 2.05) is 13.1 Å². The van der Waals surface area contributed by atoms with Crippen molar-refractivity contribution in [3.8, 4) is 0 Å². The molecular weight excluding hydrogens is 334 g/mol. The lowest BCUT2D eigenvalue weighted by Crippen LogP contribution is -2.43. The first kappa shape index (κ1) is 18.0. The normalized spacial score (nSPS) is 15.7. The molecule has 0 aliphatic carbocycles. The highest BCUT2D eigenvalue weighted by molar-refractivity contribution is 7.15. The first-order valence-corrected chi connectivity index (χ1v) is 9.86. The molecule has 8 heteroatoms. The van der Waals surface area contributed by atoms with E-state index in [1.165, 1.54) is 16.9 Å². The summed E-state index contributed by atoms with van der Waals surface area (Å²) in [4.78, 5) is 11.4. The van der Waals surface area contributed by atoms with Gasteiger partial charge in [0.15, 0.2) is 0 Å². The molecule has 1 aliphatic rings. The van der Waals surface area contributed by atoms with Crippen molar-refractivity contribution in [3.63, 3.8) is 0 Å². The molecule has 7 nitrogen and oxygen atoms in total. The predicted octanol–water partition coefficient (Wildman–Crippen LogP) is 1.97. The predicted molar refractivity (Wildman–Crippen MR) is 102 cm³/mol. The number of nitrogens with one attached hydrogen (secondary N) is 1. The fourth-order valence-corrected chi connectivity index (χ4v) is 3.87. The second kappa shape index (κ2) is 8.53. The SMILES string of the molecule is CCc1cnc(C)nc1N1CCC(NCCCc2nnc(N)s2)CC1. The van der Waals surface area contributed by atoms with Crippen molar-refractivity contribution < 1.29 is 0 Å². The summed E-state index contributed by atoms with van der Waals surface area (Å²) in [5.41, 5.74) is 6.85. The van der Waals surface area contributed by atoms with Crippen LogP contribution in [-0.2, 0) is 12.8 Å². The van der Waals surface area contributed by atoms with Crippen LogP contribution in [0.2, 0.25) is 0 Å². The number of nitrogens with two attached hydrogens (primary N) is 1. The highest BCUT2D eigenvalue weighted by atomic mass is 32.1. The van der Waals surface area contributed by atoms with Gasteiger partial charge in [-0.25, -0.2) is 9.97 Å². The van der Waals surface area contributed by atoms with Gasteiger partial charge >= 0.3 is 0 Å². The fraction of sp³-hybridized carbons (Fsp3) is 0.647. The number of aryl methyl sites for hydroxylation is 3. The summed E-state index contributed by atoms with van der Waals surface area (Å²) in [6, 6.07) is 0.587. The summed E-state index contributed by atoms with van der Waals surface area (Å²) in [5.74, 6) is 1.98. The third-order valence-corrected chi connectivity index (χ3v) is 5.43. The van der Waals surface area contributed by atoms with E-state index in [-0.39, 0.29) is 0 Å². The Morgan fingerprint density at radius 1 is 1.32 bits per heavy atom. The summed E-state index contributed by atoms with van der Waals surface area (Å²) in [7, 11) is 0. The second-order valence-electron chi connectivity index (χ2n) is 6.47.